The van der Waals surface area contributed by atoms with Crippen LogP contribution >= 0.6 is 11.3 Å². The lowest BCUT2D eigenvalue weighted by atomic mass is 9.82. The van der Waals surface area contributed by atoms with Gasteiger partial charge in [0.05, 0.1) is 11.0 Å². The molecule has 0 unspecified atom stereocenters. The van der Waals surface area contributed by atoms with Crippen LogP contribution < -0.4 is 0 Å². The van der Waals surface area contributed by atoms with E-state index in [1.807, 2.05) is 11.3 Å². The normalized spacial score (nSPS) is 13.5. The molecule has 0 spiro atoms. The number of hydrogen-bond acceptors (Lipinski definition) is 2. The van der Waals surface area contributed by atoms with Crippen LogP contribution in [-0.4, -0.2) is 4.57 Å². The maximum atomic E-state index is 7.00. The second-order valence-electron chi connectivity index (χ2n) is 15.3. The minimum atomic E-state index is -0.0776. The first-order chi connectivity index (χ1) is 26.5. The zero-order valence-corrected chi connectivity index (χ0v) is 30.7. The zero-order chi connectivity index (χ0) is 35.7. The largest absolute Gasteiger partial charge is 0.455 e. The number of para-hydroxylation sites is 2. The molecular formula is C51H33NOS. The minimum Gasteiger partial charge on any atom is -0.455 e. The van der Waals surface area contributed by atoms with Crippen LogP contribution in [-0.2, 0) is 5.41 Å². The predicted octanol–water partition coefficient (Wildman–Crippen LogP) is 14.7. The van der Waals surface area contributed by atoms with Gasteiger partial charge < -0.3 is 8.98 Å². The molecule has 3 heterocycles. The Kier molecular flexibility index (Phi) is 6.03. The molecule has 1 aliphatic rings. The number of hydrogen-bond donors (Lipinski definition) is 0. The second kappa shape index (κ2) is 10.8. The Bertz CT molecular complexity index is 3370. The van der Waals surface area contributed by atoms with Crippen molar-refractivity contribution in [3.05, 3.63) is 175 Å². The molecule has 0 atom stereocenters. The number of thiophene rings is 1. The molecule has 0 saturated heterocycles. The van der Waals surface area contributed by atoms with Crippen LogP contribution in [0.5, 0.6) is 0 Å². The lowest BCUT2D eigenvalue weighted by molar-refractivity contribution is 0.653. The molecule has 8 aromatic carbocycles. The van der Waals surface area contributed by atoms with Crippen LogP contribution in [0.1, 0.15) is 25.0 Å². The summed E-state index contributed by atoms with van der Waals surface area (Å²) < 4.78 is 12.1. The van der Waals surface area contributed by atoms with Crippen molar-refractivity contribution in [3.8, 4) is 39.1 Å². The Labute approximate surface area is 316 Å². The summed E-state index contributed by atoms with van der Waals surface area (Å²) in [5, 5.41) is 7.46. The van der Waals surface area contributed by atoms with Gasteiger partial charge in [0.25, 0.3) is 0 Å². The van der Waals surface area contributed by atoms with E-state index in [9.17, 15) is 0 Å². The van der Waals surface area contributed by atoms with Crippen molar-refractivity contribution in [2.45, 2.75) is 19.3 Å². The molecule has 0 amide bonds. The Hall–Kier alpha value is -6.42. The molecule has 0 fully saturated rings. The molecule has 2 nitrogen and oxygen atoms in total. The van der Waals surface area contributed by atoms with Crippen LogP contribution in [0, 0.1) is 0 Å². The smallest absolute Gasteiger partial charge is 0.143 e. The van der Waals surface area contributed by atoms with E-state index in [1.54, 1.807) is 0 Å². The monoisotopic (exact) mass is 707 g/mol. The average Bonchev–Trinajstić information content (AvgIpc) is 3.94. The van der Waals surface area contributed by atoms with Gasteiger partial charge in [0.1, 0.15) is 11.2 Å². The summed E-state index contributed by atoms with van der Waals surface area (Å²) in [6, 6.07) is 60.3. The summed E-state index contributed by atoms with van der Waals surface area (Å²) in [6.07, 6.45) is 0. The first-order valence-electron chi connectivity index (χ1n) is 18.7. The second-order valence-corrected chi connectivity index (χ2v) is 16.3. The summed E-state index contributed by atoms with van der Waals surface area (Å²) in [5.41, 5.74) is 15.2. The fourth-order valence-electron chi connectivity index (χ4n) is 9.42. The van der Waals surface area contributed by atoms with Crippen LogP contribution in [0.2, 0.25) is 0 Å². The quantitative estimate of drug-likeness (QED) is 0.179. The lowest BCUT2D eigenvalue weighted by Gasteiger charge is -2.21. The molecule has 54 heavy (non-hydrogen) atoms. The fraction of sp³-hybridized carbons (Fsp3) is 0.0588. The van der Waals surface area contributed by atoms with Gasteiger partial charge in [-0.15, -0.1) is 11.3 Å². The first-order valence-corrected chi connectivity index (χ1v) is 19.5. The van der Waals surface area contributed by atoms with Gasteiger partial charge in [-0.25, -0.2) is 0 Å². The van der Waals surface area contributed by atoms with E-state index in [2.05, 4.69) is 182 Å². The van der Waals surface area contributed by atoms with Crippen molar-refractivity contribution in [3.63, 3.8) is 0 Å². The van der Waals surface area contributed by atoms with Crippen molar-refractivity contribution in [1.82, 2.24) is 4.57 Å². The van der Waals surface area contributed by atoms with Gasteiger partial charge in [-0.1, -0.05) is 129 Å². The van der Waals surface area contributed by atoms with Gasteiger partial charge in [-0.3, -0.25) is 0 Å². The summed E-state index contributed by atoms with van der Waals surface area (Å²) in [5.74, 6) is 0. The number of aromatic nitrogens is 1. The van der Waals surface area contributed by atoms with E-state index >= 15 is 0 Å². The SMILES string of the molecule is CC1(C)c2ccccc2-c2c1ccc1c2oc2c(-c3cccc(-n4c5ccccc5c5cc(-c6ccc7sc8ccccc8c7c6)ccc54)c3)cccc21. The summed E-state index contributed by atoms with van der Waals surface area (Å²) in [4.78, 5) is 0. The number of furan rings is 1. The molecule has 3 heteroatoms. The number of nitrogens with zero attached hydrogens (tertiary/aromatic N) is 1. The topological polar surface area (TPSA) is 18.1 Å². The Morgan fingerprint density at radius 2 is 1.13 bits per heavy atom. The third-order valence-electron chi connectivity index (χ3n) is 12.0. The molecule has 12 rings (SSSR count). The molecule has 3 aromatic heterocycles. The summed E-state index contributed by atoms with van der Waals surface area (Å²) in [6.45, 7) is 4.65. The predicted molar refractivity (Wildman–Crippen MR) is 229 cm³/mol. The van der Waals surface area contributed by atoms with E-state index in [0.717, 1.165) is 33.4 Å². The molecule has 0 radical (unpaired) electrons. The van der Waals surface area contributed by atoms with Gasteiger partial charge >= 0.3 is 0 Å². The molecule has 0 aliphatic heterocycles. The highest BCUT2D eigenvalue weighted by Crippen LogP contribution is 2.53. The van der Waals surface area contributed by atoms with Crippen molar-refractivity contribution in [2.75, 3.05) is 0 Å². The van der Waals surface area contributed by atoms with Crippen LogP contribution in [0.3, 0.4) is 0 Å². The van der Waals surface area contributed by atoms with E-state index in [1.165, 1.54) is 80.7 Å². The highest BCUT2D eigenvalue weighted by molar-refractivity contribution is 7.25. The van der Waals surface area contributed by atoms with Gasteiger partial charge in [0.2, 0.25) is 0 Å². The highest BCUT2D eigenvalue weighted by atomic mass is 32.1. The Morgan fingerprint density at radius 3 is 2.06 bits per heavy atom. The zero-order valence-electron chi connectivity index (χ0n) is 29.9. The molecule has 0 bridgehead atoms. The number of rotatable bonds is 3. The van der Waals surface area contributed by atoms with Gasteiger partial charge in [0.15, 0.2) is 0 Å². The van der Waals surface area contributed by atoms with Crippen molar-refractivity contribution in [2.24, 2.45) is 0 Å². The molecular weight excluding hydrogens is 675 g/mol. The van der Waals surface area contributed by atoms with E-state index < -0.39 is 0 Å². The minimum absolute atomic E-state index is 0.0776. The first kappa shape index (κ1) is 30.1. The van der Waals surface area contributed by atoms with E-state index in [-0.39, 0.29) is 5.41 Å². The maximum absolute atomic E-state index is 7.00. The van der Waals surface area contributed by atoms with Crippen molar-refractivity contribution < 1.29 is 4.42 Å². The Morgan fingerprint density at radius 1 is 0.444 bits per heavy atom. The van der Waals surface area contributed by atoms with Gasteiger partial charge in [0, 0.05) is 63.9 Å². The third-order valence-corrected chi connectivity index (χ3v) is 13.2. The molecule has 1 aliphatic carbocycles. The summed E-state index contributed by atoms with van der Waals surface area (Å²) >= 11 is 1.86. The molecule has 0 N–H and O–H groups in total. The van der Waals surface area contributed by atoms with Crippen LogP contribution in [0.25, 0.3) is 103 Å². The average molecular weight is 708 g/mol. The van der Waals surface area contributed by atoms with Gasteiger partial charge in [-0.05, 0) is 81.9 Å². The lowest BCUT2D eigenvalue weighted by Crippen LogP contribution is -2.14. The third kappa shape index (κ3) is 4.05. The molecule has 11 aromatic rings. The number of benzene rings is 8. The number of fused-ring (bicyclic) bond motifs is 13. The van der Waals surface area contributed by atoms with Gasteiger partial charge in [-0.2, -0.15) is 0 Å². The van der Waals surface area contributed by atoms with Crippen LogP contribution in [0.15, 0.2) is 168 Å². The fourth-order valence-corrected chi connectivity index (χ4v) is 10.5. The van der Waals surface area contributed by atoms with E-state index in [4.69, 9.17) is 4.42 Å². The van der Waals surface area contributed by atoms with E-state index in [0.29, 0.717) is 0 Å². The summed E-state index contributed by atoms with van der Waals surface area (Å²) in [7, 11) is 0. The standard InChI is InChI=1S/C51H33NOS/c1-51(2)42-18-6-3-15-39(42)48-43(51)24-23-38-37-17-10-16-34(49(37)53-50(38)48)32-11-9-12-33(27-32)52-44-19-7-4-13-35(44)40-28-30(21-25-45(40)52)31-22-26-47-41(29-31)36-14-5-8-20-46(36)54-47/h3-29H,1-2H3. The highest BCUT2D eigenvalue weighted by Gasteiger charge is 2.37. The van der Waals surface area contributed by atoms with Crippen molar-refractivity contribution >= 4 is 75.3 Å². The maximum Gasteiger partial charge on any atom is 0.143 e. The Balaban J connectivity index is 1.02. The molecule has 254 valence electrons. The molecule has 0 saturated carbocycles. The van der Waals surface area contributed by atoms with Crippen LogP contribution in [0.4, 0.5) is 0 Å². The van der Waals surface area contributed by atoms with Crippen molar-refractivity contribution in [1.29, 1.82) is 0 Å².